The van der Waals surface area contributed by atoms with E-state index >= 15 is 0 Å². The van der Waals surface area contributed by atoms with E-state index in [9.17, 15) is 4.79 Å². The Morgan fingerprint density at radius 2 is 2.05 bits per heavy atom. The van der Waals surface area contributed by atoms with Gasteiger partial charge in [0.1, 0.15) is 0 Å². The van der Waals surface area contributed by atoms with Crippen LogP contribution in [0.5, 0.6) is 0 Å². The Hall–Kier alpha value is -1.39. The highest BCUT2D eigenvalue weighted by Gasteiger charge is 2.33. The van der Waals surface area contributed by atoms with Gasteiger partial charge in [0.05, 0.1) is 25.9 Å². The summed E-state index contributed by atoms with van der Waals surface area (Å²) < 4.78 is 11.0. The molecule has 1 aliphatic heterocycles. The molecule has 4 nitrogen and oxygen atoms in total. The van der Waals surface area contributed by atoms with E-state index < -0.39 is 6.10 Å². The zero-order valence-electron chi connectivity index (χ0n) is 13.2. The topological polar surface area (TPSA) is 38.8 Å². The van der Waals surface area contributed by atoms with E-state index in [0.717, 1.165) is 6.54 Å². The molecule has 4 heteroatoms. The first kappa shape index (κ1) is 15.5. The second kappa shape index (κ2) is 7.25. The highest BCUT2D eigenvalue weighted by Crippen LogP contribution is 2.31. The standard InChI is InChI=1S/C18H25NO3/c1-14(16-8-3-2-4-9-16)19(12-15-6-5-7-15)18(20)17-13-21-10-11-22-17/h2-4,8-9,14-15,17H,5-7,10-13H2,1H3/t14-,17+/m0/s1. The van der Waals surface area contributed by atoms with Gasteiger partial charge in [-0.15, -0.1) is 0 Å². The Bertz CT molecular complexity index is 480. The van der Waals surface area contributed by atoms with E-state index in [-0.39, 0.29) is 11.9 Å². The molecule has 1 aromatic rings. The second-order valence-corrected chi connectivity index (χ2v) is 6.31. The predicted molar refractivity (Wildman–Crippen MR) is 84.5 cm³/mol. The zero-order chi connectivity index (χ0) is 15.4. The number of carbonyl (C=O) groups is 1. The van der Waals surface area contributed by atoms with Gasteiger partial charge in [-0.2, -0.15) is 0 Å². The molecule has 0 radical (unpaired) electrons. The van der Waals surface area contributed by atoms with Gasteiger partial charge in [-0.3, -0.25) is 4.79 Å². The van der Waals surface area contributed by atoms with Crippen LogP contribution in [0.3, 0.4) is 0 Å². The van der Waals surface area contributed by atoms with Gasteiger partial charge in [-0.05, 0) is 31.2 Å². The summed E-state index contributed by atoms with van der Waals surface area (Å²) in [4.78, 5) is 14.9. The summed E-state index contributed by atoms with van der Waals surface area (Å²) >= 11 is 0. The minimum atomic E-state index is -0.444. The van der Waals surface area contributed by atoms with Crippen molar-refractivity contribution in [3.8, 4) is 0 Å². The number of nitrogens with zero attached hydrogens (tertiary/aromatic N) is 1. The third-order valence-corrected chi connectivity index (χ3v) is 4.80. The molecule has 0 unspecified atom stereocenters. The van der Waals surface area contributed by atoms with Crippen LogP contribution in [-0.4, -0.2) is 43.3 Å². The molecule has 1 amide bonds. The highest BCUT2D eigenvalue weighted by molar-refractivity contribution is 5.81. The average Bonchev–Trinajstić information content (AvgIpc) is 2.54. The minimum absolute atomic E-state index is 0.0693. The minimum Gasteiger partial charge on any atom is -0.376 e. The molecule has 1 aliphatic carbocycles. The Balaban J connectivity index is 1.74. The number of carbonyl (C=O) groups excluding carboxylic acids is 1. The SMILES string of the molecule is C[C@@H](c1ccccc1)N(CC1CCC1)C(=O)[C@H]1COCCO1. The first-order valence-electron chi connectivity index (χ1n) is 8.30. The van der Waals surface area contributed by atoms with Gasteiger partial charge in [-0.1, -0.05) is 36.8 Å². The van der Waals surface area contributed by atoms with Crippen molar-refractivity contribution in [3.63, 3.8) is 0 Å². The highest BCUT2D eigenvalue weighted by atomic mass is 16.6. The predicted octanol–water partition coefficient (Wildman–Crippen LogP) is 2.79. The van der Waals surface area contributed by atoms with E-state index in [1.165, 1.54) is 24.8 Å². The van der Waals surface area contributed by atoms with Gasteiger partial charge in [-0.25, -0.2) is 0 Å². The maximum atomic E-state index is 12.9. The van der Waals surface area contributed by atoms with Crippen LogP contribution in [0.4, 0.5) is 0 Å². The fourth-order valence-electron chi connectivity index (χ4n) is 3.12. The summed E-state index contributed by atoms with van der Waals surface area (Å²) in [6.07, 6.45) is 3.30. The molecule has 2 aliphatic rings. The van der Waals surface area contributed by atoms with Gasteiger partial charge in [0.25, 0.3) is 5.91 Å². The Labute approximate surface area is 132 Å². The normalized spacial score (nSPS) is 23.6. The Morgan fingerprint density at radius 3 is 2.64 bits per heavy atom. The van der Waals surface area contributed by atoms with Crippen molar-refractivity contribution in [2.75, 3.05) is 26.4 Å². The molecule has 3 rings (SSSR count). The summed E-state index contributed by atoms with van der Waals surface area (Å²) in [5, 5.41) is 0. The van der Waals surface area contributed by atoms with E-state index in [4.69, 9.17) is 9.47 Å². The molecule has 1 aromatic carbocycles. The van der Waals surface area contributed by atoms with Crippen LogP contribution >= 0.6 is 0 Å². The first-order chi connectivity index (χ1) is 10.8. The van der Waals surface area contributed by atoms with Crippen LogP contribution in [0.15, 0.2) is 30.3 Å². The van der Waals surface area contributed by atoms with Crippen LogP contribution in [0, 0.1) is 5.92 Å². The largest absolute Gasteiger partial charge is 0.376 e. The van der Waals surface area contributed by atoms with Crippen molar-refractivity contribution in [3.05, 3.63) is 35.9 Å². The Morgan fingerprint density at radius 1 is 1.27 bits per heavy atom. The van der Waals surface area contributed by atoms with Crippen LogP contribution in [0.2, 0.25) is 0 Å². The number of benzene rings is 1. The van der Waals surface area contributed by atoms with Crippen molar-refractivity contribution < 1.29 is 14.3 Å². The summed E-state index contributed by atoms with van der Waals surface area (Å²) in [6.45, 7) is 4.40. The zero-order valence-corrected chi connectivity index (χ0v) is 13.2. The van der Waals surface area contributed by atoms with Gasteiger partial charge < -0.3 is 14.4 Å². The molecule has 0 spiro atoms. The molecule has 120 valence electrons. The summed E-state index contributed by atoms with van der Waals surface area (Å²) in [5.74, 6) is 0.711. The van der Waals surface area contributed by atoms with Gasteiger partial charge in [0.2, 0.25) is 0 Å². The quantitative estimate of drug-likeness (QED) is 0.839. The van der Waals surface area contributed by atoms with Gasteiger partial charge >= 0.3 is 0 Å². The molecule has 22 heavy (non-hydrogen) atoms. The maximum Gasteiger partial charge on any atom is 0.254 e. The van der Waals surface area contributed by atoms with Crippen molar-refractivity contribution in [1.82, 2.24) is 4.90 Å². The number of hydrogen-bond acceptors (Lipinski definition) is 3. The summed E-state index contributed by atoms with van der Waals surface area (Å²) in [5.41, 5.74) is 1.17. The van der Waals surface area contributed by atoms with Crippen molar-refractivity contribution in [2.45, 2.75) is 38.3 Å². The number of rotatable bonds is 5. The van der Waals surface area contributed by atoms with Crippen LogP contribution in [0.1, 0.15) is 37.8 Å². The molecule has 2 atom stereocenters. The molecular formula is C18H25NO3. The van der Waals surface area contributed by atoms with Gasteiger partial charge in [0, 0.05) is 6.54 Å². The Kier molecular flexibility index (Phi) is 5.11. The lowest BCUT2D eigenvalue weighted by Crippen LogP contribution is -2.48. The lowest BCUT2D eigenvalue weighted by molar-refractivity contribution is -0.161. The summed E-state index contributed by atoms with van der Waals surface area (Å²) in [7, 11) is 0. The molecule has 0 bridgehead atoms. The third kappa shape index (κ3) is 3.50. The number of hydrogen-bond donors (Lipinski definition) is 0. The average molecular weight is 303 g/mol. The third-order valence-electron chi connectivity index (χ3n) is 4.80. The van der Waals surface area contributed by atoms with Crippen molar-refractivity contribution in [1.29, 1.82) is 0 Å². The second-order valence-electron chi connectivity index (χ2n) is 6.31. The summed E-state index contributed by atoms with van der Waals surface area (Å²) in [6, 6.07) is 10.3. The van der Waals surface area contributed by atoms with Crippen molar-refractivity contribution in [2.24, 2.45) is 5.92 Å². The van der Waals surface area contributed by atoms with Crippen LogP contribution in [0.25, 0.3) is 0 Å². The number of amides is 1. The van der Waals surface area contributed by atoms with Crippen molar-refractivity contribution >= 4 is 5.91 Å². The molecule has 1 saturated carbocycles. The van der Waals surface area contributed by atoms with E-state index in [1.54, 1.807) is 0 Å². The molecule has 2 fully saturated rings. The number of ether oxygens (including phenoxy) is 2. The van der Waals surface area contributed by atoms with E-state index in [0.29, 0.717) is 25.7 Å². The first-order valence-corrected chi connectivity index (χ1v) is 8.30. The maximum absolute atomic E-state index is 12.9. The molecule has 1 heterocycles. The van der Waals surface area contributed by atoms with Crippen LogP contribution < -0.4 is 0 Å². The lowest BCUT2D eigenvalue weighted by atomic mass is 9.84. The van der Waals surface area contributed by atoms with Crippen LogP contribution in [-0.2, 0) is 14.3 Å². The lowest BCUT2D eigenvalue weighted by Gasteiger charge is -2.38. The molecular weight excluding hydrogens is 278 g/mol. The smallest absolute Gasteiger partial charge is 0.254 e. The fourth-order valence-corrected chi connectivity index (χ4v) is 3.12. The fraction of sp³-hybridized carbons (Fsp3) is 0.611. The van der Waals surface area contributed by atoms with E-state index in [2.05, 4.69) is 19.1 Å². The van der Waals surface area contributed by atoms with E-state index in [1.807, 2.05) is 23.1 Å². The molecule has 1 saturated heterocycles. The monoisotopic (exact) mass is 303 g/mol. The van der Waals surface area contributed by atoms with Gasteiger partial charge in [0.15, 0.2) is 6.10 Å². The molecule has 0 N–H and O–H groups in total. The molecule has 0 aromatic heterocycles.